The lowest BCUT2D eigenvalue weighted by molar-refractivity contribution is -0.389. The van der Waals surface area contributed by atoms with Crippen LogP contribution in [0.1, 0.15) is 0 Å². The number of aromatic nitrogens is 2. The lowest BCUT2D eigenvalue weighted by Gasteiger charge is -2.09. The van der Waals surface area contributed by atoms with Crippen LogP contribution in [0.15, 0.2) is 35.4 Å². The van der Waals surface area contributed by atoms with Gasteiger partial charge in [0.1, 0.15) is 12.3 Å². The fourth-order valence-electron chi connectivity index (χ4n) is 2.17. The van der Waals surface area contributed by atoms with Gasteiger partial charge in [-0.1, -0.05) is 11.6 Å². The molecule has 116 valence electrons. The van der Waals surface area contributed by atoms with Gasteiger partial charge in [-0.3, -0.25) is 4.57 Å². The van der Waals surface area contributed by atoms with Crippen molar-refractivity contribution >= 4 is 27.3 Å². The molecule has 1 aliphatic heterocycles. The maximum absolute atomic E-state index is 12.3. The molecule has 3 rings (SSSR count). The maximum atomic E-state index is 12.3. The minimum absolute atomic E-state index is 0.0583. The number of halogens is 1. The number of nitrogens with zero attached hydrogens (tertiary/aromatic N) is 3. The molecule has 0 aliphatic carbocycles. The van der Waals surface area contributed by atoms with Crippen molar-refractivity contribution in [3.8, 4) is 6.01 Å². The van der Waals surface area contributed by atoms with E-state index in [4.69, 9.17) is 16.3 Å². The van der Waals surface area contributed by atoms with Gasteiger partial charge < -0.3 is 14.9 Å². The number of hydrogen-bond acceptors (Lipinski definition) is 6. The second kappa shape index (κ2) is 5.25. The lowest BCUT2D eigenvalue weighted by atomic mass is 10.4. The third kappa shape index (κ3) is 2.77. The van der Waals surface area contributed by atoms with Crippen LogP contribution in [0.5, 0.6) is 6.01 Å². The van der Waals surface area contributed by atoms with Crippen LogP contribution in [0.25, 0.3) is 0 Å². The first-order valence-corrected chi connectivity index (χ1v) is 8.25. The third-order valence-corrected chi connectivity index (χ3v) is 5.22. The van der Waals surface area contributed by atoms with E-state index in [0.717, 1.165) is 0 Å². The van der Waals surface area contributed by atoms with Gasteiger partial charge in [0.15, 0.2) is 9.84 Å². The Morgan fingerprint density at radius 2 is 2.09 bits per heavy atom. The van der Waals surface area contributed by atoms with E-state index < -0.39 is 20.9 Å². The molecule has 0 amide bonds. The van der Waals surface area contributed by atoms with Gasteiger partial charge in [-0.25, -0.2) is 8.42 Å². The second-order valence-electron chi connectivity index (χ2n) is 4.77. The Balaban J connectivity index is 1.73. The molecule has 1 aromatic heterocycles. The van der Waals surface area contributed by atoms with Crippen molar-refractivity contribution in [1.29, 1.82) is 0 Å². The largest absolute Gasteiger partial charge is 0.439 e. The predicted molar refractivity (Wildman–Crippen MR) is 76.8 cm³/mol. The van der Waals surface area contributed by atoms with Crippen molar-refractivity contribution in [3.05, 3.63) is 45.6 Å². The molecule has 1 aliphatic rings. The fraction of sp³-hybridized carbons (Fsp3) is 0.250. The standard InChI is InChI=1S/C12H10ClN3O5S/c13-8-1-3-10(4-2-8)22(19,20)7-9-5-15-6-11(16(17)18)14-12(15)21-9/h1-4,6,9H,5,7H2. The smallest absolute Gasteiger partial charge is 0.414 e. The van der Waals surface area contributed by atoms with Crippen LogP contribution in [-0.4, -0.2) is 34.7 Å². The van der Waals surface area contributed by atoms with Gasteiger partial charge in [0.25, 0.3) is 0 Å². The highest BCUT2D eigenvalue weighted by Crippen LogP contribution is 2.26. The second-order valence-corrected chi connectivity index (χ2v) is 7.24. The molecule has 0 spiro atoms. The molecule has 1 unspecified atom stereocenters. The van der Waals surface area contributed by atoms with E-state index in [1.165, 1.54) is 35.0 Å². The van der Waals surface area contributed by atoms with E-state index in [1.54, 1.807) is 0 Å². The third-order valence-electron chi connectivity index (χ3n) is 3.16. The SMILES string of the molecule is O=[N+]([O-])c1cn2c(n1)OC(CS(=O)(=O)c1ccc(Cl)cc1)C2. The van der Waals surface area contributed by atoms with E-state index in [0.29, 0.717) is 5.02 Å². The molecule has 2 heterocycles. The summed E-state index contributed by atoms with van der Waals surface area (Å²) in [6.07, 6.45) is 0.591. The Bertz CT molecular complexity index is 807. The van der Waals surface area contributed by atoms with Crippen LogP contribution in [0, 0.1) is 10.1 Å². The highest BCUT2D eigenvalue weighted by Gasteiger charge is 2.34. The summed E-state index contributed by atoms with van der Waals surface area (Å²) in [5.74, 6) is -0.569. The zero-order chi connectivity index (χ0) is 15.9. The van der Waals surface area contributed by atoms with Crippen molar-refractivity contribution in [1.82, 2.24) is 9.55 Å². The molecule has 2 aromatic rings. The van der Waals surface area contributed by atoms with Crippen molar-refractivity contribution in [2.75, 3.05) is 5.75 Å². The fourth-order valence-corrected chi connectivity index (χ4v) is 3.71. The molecule has 0 saturated carbocycles. The summed E-state index contributed by atoms with van der Waals surface area (Å²) in [5.41, 5.74) is 0. The number of hydrogen-bond donors (Lipinski definition) is 0. The molecular formula is C12H10ClN3O5S. The van der Waals surface area contributed by atoms with Gasteiger partial charge in [-0.15, -0.1) is 0 Å². The Morgan fingerprint density at radius 1 is 1.41 bits per heavy atom. The normalized spacial score (nSPS) is 17.0. The number of sulfone groups is 1. The molecule has 0 fully saturated rings. The quantitative estimate of drug-likeness (QED) is 0.618. The summed E-state index contributed by atoms with van der Waals surface area (Å²) in [5, 5.41) is 11.0. The molecule has 0 saturated heterocycles. The Labute approximate surface area is 130 Å². The van der Waals surface area contributed by atoms with Crippen molar-refractivity contribution in [3.63, 3.8) is 0 Å². The molecule has 0 bridgehead atoms. The number of ether oxygens (including phenoxy) is 1. The monoisotopic (exact) mass is 343 g/mol. The van der Waals surface area contributed by atoms with Gasteiger partial charge >= 0.3 is 11.8 Å². The van der Waals surface area contributed by atoms with Crippen LogP contribution >= 0.6 is 11.6 Å². The highest BCUT2D eigenvalue weighted by atomic mass is 35.5. The van der Waals surface area contributed by atoms with Crippen LogP contribution < -0.4 is 4.74 Å². The van der Waals surface area contributed by atoms with E-state index in [-0.39, 0.29) is 29.0 Å². The topological polar surface area (TPSA) is 104 Å². The van der Waals surface area contributed by atoms with Crippen LogP contribution in [0.4, 0.5) is 5.82 Å². The van der Waals surface area contributed by atoms with Crippen molar-refractivity contribution < 1.29 is 18.1 Å². The average molecular weight is 344 g/mol. The predicted octanol–water partition coefficient (Wildman–Crippen LogP) is 1.68. The van der Waals surface area contributed by atoms with E-state index in [1.807, 2.05) is 0 Å². The first kappa shape index (κ1) is 14.8. The first-order valence-electron chi connectivity index (χ1n) is 6.22. The van der Waals surface area contributed by atoms with Gasteiger partial charge in [0.2, 0.25) is 0 Å². The summed E-state index contributed by atoms with van der Waals surface area (Å²) in [6.45, 7) is 0.197. The van der Waals surface area contributed by atoms with Gasteiger partial charge in [0.05, 0.1) is 17.2 Å². The number of benzene rings is 1. The van der Waals surface area contributed by atoms with Gasteiger partial charge in [-0.2, -0.15) is 0 Å². The van der Waals surface area contributed by atoms with Gasteiger partial charge in [0, 0.05) is 10.0 Å². The molecule has 22 heavy (non-hydrogen) atoms. The Morgan fingerprint density at radius 3 is 2.68 bits per heavy atom. The van der Waals surface area contributed by atoms with E-state index in [2.05, 4.69) is 4.98 Å². The van der Waals surface area contributed by atoms with Crippen LogP contribution in [0.2, 0.25) is 5.02 Å². The first-order chi connectivity index (χ1) is 10.3. The van der Waals surface area contributed by atoms with Crippen molar-refractivity contribution in [2.24, 2.45) is 0 Å². The van der Waals surface area contributed by atoms with Gasteiger partial charge in [-0.05, 0) is 29.2 Å². The van der Waals surface area contributed by atoms with E-state index in [9.17, 15) is 18.5 Å². The maximum Gasteiger partial charge on any atom is 0.414 e. The minimum atomic E-state index is -3.54. The Hall–Kier alpha value is -2.13. The summed E-state index contributed by atoms with van der Waals surface area (Å²) in [7, 11) is -3.54. The molecule has 8 nitrogen and oxygen atoms in total. The summed E-state index contributed by atoms with van der Waals surface area (Å²) in [6, 6.07) is 5.91. The summed E-state index contributed by atoms with van der Waals surface area (Å²) in [4.78, 5) is 13.8. The molecule has 0 radical (unpaired) electrons. The zero-order valence-electron chi connectivity index (χ0n) is 11.0. The molecular weight excluding hydrogens is 334 g/mol. The molecule has 1 aromatic carbocycles. The Kier molecular flexibility index (Phi) is 3.53. The lowest BCUT2D eigenvalue weighted by Crippen LogP contribution is -2.26. The van der Waals surface area contributed by atoms with Crippen LogP contribution in [-0.2, 0) is 16.4 Å². The van der Waals surface area contributed by atoms with Crippen molar-refractivity contribution in [2.45, 2.75) is 17.5 Å². The summed E-state index contributed by atoms with van der Waals surface area (Å²) < 4.78 is 31.4. The average Bonchev–Trinajstić information content (AvgIpc) is 2.96. The highest BCUT2D eigenvalue weighted by molar-refractivity contribution is 7.91. The number of fused-ring (bicyclic) bond motifs is 1. The van der Waals surface area contributed by atoms with E-state index >= 15 is 0 Å². The number of rotatable bonds is 4. The molecule has 1 atom stereocenters. The number of nitro groups is 1. The minimum Gasteiger partial charge on any atom is -0.439 e. The molecule has 10 heteroatoms. The summed E-state index contributed by atoms with van der Waals surface area (Å²) >= 11 is 5.73. The zero-order valence-corrected chi connectivity index (χ0v) is 12.6. The number of imidazole rings is 1. The molecule has 0 N–H and O–H groups in total. The van der Waals surface area contributed by atoms with Crippen LogP contribution in [0.3, 0.4) is 0 Å².